The van der Waals surface area contributed by atoms with E-state index in [1.807, 2.05) is 30.5 Å². The van der Waals surface area contributed by atoms with Crippen molar-refractivity contribution in [3.63, 3.8) is 0 Å². The Morgan fingerprint density at radius 2 is 2.08 bits per heavy atom. The molecule has 0 saturated carbocycles. The Morgan fingerprint density at radius 1 is 1.25 bits per heavy atom. The topological polar surface area (TPSA) is 47.5 Å². The average molecular weight is 160 g/mol. The van der Waals surface area contributed by atoms with Gasteiger partial charge in [-0.25, -0.2) is 0 Å². The van der Waals surface area contributed by atoms with E-state index in [4.69, 9.17) is 5.73 Å². The highest BCUT2D eigenvalue weighted by Gasteiger charge is 2.04. The maximum absolute atomic E-state index is 10.9. The van der Waals surface area contributed by atoms with Gasteiger partial charge in [0.05, 0.1) is 0 Å². The Morgan fingerprint density at radius 3 is 2.83 bits per heavy atom. The fourth-order valence-electron chi connectivity index (χ4n) is 1.26. The minimum absolute atomic E-state index is 0.402. The fourth-order valence-corrected chi connectivity index (χ4v) is 1.26. The lowest BCUT2D eigenvalue weighted by atomic mass is 10.4. The molecule has 0 aliphatic rings. The first kappa shape index (κ1) is 6.91. The van der Waals surface area contributed by atoms with E-state index in [1.165, 1.54) is 0 Å². The first-order valence-electron chi connectivity index (χ1n) is 3.65. The highest BCUT2D eigenvalue weighted by molar-refractivity contribution is 5.92. The third-order valence-electron chi connectivity index (χ3n) is 1.82. The fraction of sp³-hybridized carbons (Fsp3) is 0. The Kier molecular flexibility index (Phi) is 1.37. The van der Waals surface area contributed by atoms with E-state index in [-0.39, 0.29) is 0 Å². The van der Waals surface area contributed by atoms with E-state index in [1.54, 1.807) is 10.5 Å². The van der Waals surface area contributed by atoms with E-state index in [0.717, 1.165) is 5.52 Å². The molecule has 60 valence electrons. The first-order chi connectivity index (χ1) is 5.79. The largest absolute Gasteiger partial charge is 0.364 e. The van der Waals surface area contributed by atoms with E-state index in [2.05, 4.69) is 0 Å². The number of rotatable bonds is 1. The second-order valence-electron chi connectivity index (χ2n) is 2.58. The van der Waals surface area contributed by atoms with Crippen LogP contribution in [0, 0.1) is 0 Å². The third-order valence-corrected chi connectivity index (χ3v) is 1.82. The molecule has 1 amide bonds. The molecule has 0 aliphatic heterocycles. The number of aromatic nitrogens is 1. The summed E-state index contributed by atoms with van der Waals surface area (Å²) in [6, 6.07) is 9.28. The van der Waals surface area contributed by atoms with Gasteiger partial charge in [0.1, 0.15) is 5.69 Å². The van der Waals surface area contributed by atoms with Gasteiger partial charge in [-0.05, 0) is 24.3 Å². The number of hydrogen-bond acceptors (Lipinski definition) is 1. The van der Waals surface area contributed by atoms with Crippen LogP contribution < -0.4 is 5.73 Å². The zero-order chi connectivity index (χ0) is 8.55. The summed E-state index contributed by atoms with van der Waals surface area (Å²) in [5.41, 5.74) is 6.66. The van der Waals surface area contributed by atoms with Gasteiger partial charge in [-0.3, -0.25) is 4.79 Å². The SMILES string of the molecule is NC(=O)c1ccc2ccccn12. The predicted octanol–water partition coefficient (Wildman–Crippen LogP) is 1.04. The minimum Gasteiger partial charge on any atom is -0.364 e. The lowest BCUT2D eigenvalue weighted by Gasteiger charge is -1.96. The molecular formula is C9H8N2O. The maximum Gasteiger partial charge on any atom is 0.265 e. The van der Waals surface area contributed by atoms with Gasteiger partial charge in [-0.2, -0.15) is 0 Å². The second kappa shape index (κ2) is 2.37. The van der Waals surface area contributed by atoms with Gasteiger partial charge in [-0.15, -0.1) is 0 Å². The summed E-state index contributed by atoms with van der Waals surface area (Å²) >= 11 is 0. The summed E-state index contributed by atoms with van der Waals surface area (Å²) in [5.74, 6) is -0.402. The molecule has 2 N–H and O–H groups in total. The van der Waals surface area contributed by atoms with Crippen LogP contribution in [0.1, 0.15) is 10.5 Å². The molecule has 2 rings (SSSR count). The van der Waals surface area contributed by atoms with Crippen molar-refractivity contribution in [3.05, 3.63) is 42.2 Å². The summed E-state index contributed by atoms with van der Waals surface area (Å²) in [5, 5.41) is 0. The number of nitrogens with zero attached hydrogens (tertiary/aromatic N) is 1. The maximum atomic E-state index is 10.9. The molecule has 0 aromatic carbocycles. The van der Waals surface area contributed by atoms with Gasteiger partial charge >= 0.3 is 0 Å². The lowest BCUT2D eigenvalue weighted by molar-refractivity contribution is 0.0995. The zero-order valence-electron chi connectivity index (χ0n) is 6.40. The predicted molar refractivity (Wildman–Crippen MR) is 45.9 cm³/mol. The van der Waals surface area contributed by atoms with Crippen molar-refractivity contribution < 1.29 is 4.79 Å². The quantitative estimate of drug-likeness (QED) is 0.665. The van der Waals surface area contributed by atoms with Crippen LogP contribution in [-0.4, -0.2) is 10.3 Å². The Hall–Kier alpha value is -1.77. The van der Waals surface area contributed by atoms with Gasteiger partial charge in [0.25, 0.3) is 5.91 Å². The van der Waals surface area contributed by atoms with Crippen LogP contribution >= 0.6 is 0 Å². The second-order valence-corrected chi connectivity index (χ2v) is 2.58. The molecule has 0 fully saturated rings. The molecule has 0 radical (unpaired) electrons. The Bertz CT molecular complexity index is 431. The van der Waals surface area contributed by atoms with Crippen LogP contribution in [0.3, 0.4) is 0 Å². The molecule has 0 aliphatic carbocycles. The highest BCUT2D eigenvalue weighted by Crippen LogP contribution is 2.08. The minimum atomic E-state index is -0.402. The molecular weight excluding hydrogens is 152 g/mol. The molecule has 0 saturated heterocycles. The van der Waals surface area contributed by atoms with Crippen LogP contribution in [0.5, 0.6) is 0 Å². The summed E-state index contributed by atoms with van der Waals surface area (Å²) in [4.78, 5) is 10.9. The van der Waals surface area contributed by atoms with E-state index >= 15 is 0 Å². The molecule has 12 heavy (non-hydrogen) atoms. The third kappa shape index (κ3) is 0.871. The van der Waals surface area contributed by atoms with Gasteiger partial charge in [-0.1, -0.05) is 6.07 Å². The molecule has 0 atom stereocenters. The zero-order valence-corrected chi connectivity index (χ0v) is 6.40. The van der Waals surface area contributed by atoms with Gasteiger partial charge in [0.15, 0.2) is 0 Å². The smallest absolute Gasteiger partial charge is 0.265 e. The van der Waals surface area contributed by atoms with Crippen molar-refractivity contribution in [2.45, 2.75) is 0 Å². The van der Waals surface area contributed by atoms with Crippen molar-refractivity contribution >= 4 is 11.4 Å². The summed E-state index contributed by atoms with van der Waals surface area (Å²) in [6.45, 7) is 0. The number of carbonyl (C=O) groups is 1. The van der Waals surface area contributed by atoms with Crippen LogP contribution in [0.15, 0.2) is 36.5 Å². The van der Waals surface area contributed by atoms with Gasteiger partial charge in [0.2, 0.25) is 0 Å². The van der Waals surface area contributed by atoms with Gasteiger partial charge < -0.3 is 10.1 Å². The normalized spacial score (nSPS) is 10.3. The van der Waals surface area contributed by atoms with E-state index < -0.39 is 5.91 Å². The molecule has 2 heterocycles. The molecule has 0 spiro atoms. The monoisotopic (exact) mass is 160 g/mol. The highest BCUT2D eigenvalue weighted by atomic mass is 16.1. The number of nitrogens with two attached hydrogens (primary N) is 1. The average Bonchev–Trinajstić information content (AvgIpc) is 2.47. The van der Waals surface area contributed by atoms with Crippen LogP contribution in [0.4, 0.5) is 0 Å². The number of amides is 1. The standard InChI is InChI=1S/C9H8N2O/c10-9(12)8-5-4-7-3-1-2-6-11(7)8/h1-6H,(H2,10,12). The number of fused-ring (bicyclic) bond motifs is 1. The summed E-state index contributed by atoms with van der Waals surface area (Å²) in [6.07, 6.45) is 1.81. The summed E-state index contributed by atoms with van der Waals surface area (Å²) < 4.78 is 1.77. The molecule has 3 heteroatoms. The number of pyridine rings is 1. The van der Waals surface area contributed by atoms with Crippen LogP contribution in [0.25, 0.3) is 5.52 Å². The van der Waals surface area contributed by atoms with Crippen LogP contribution in [-0.2, 0) is 0 Å². The molecule has 0 bridgehead atoms. The molecule has 2 aromatic rings. The first-order valence-corrected chi connectivity index (χ1v) is 3.65. The van der Waals surface area contributed by atoms with Gasteiger partial charge in [0, 0.05) is 11.7 Å². The van der Waals surface area contributed by atoms with E-state index in [9.17, 15) is 4.79 Å². The Labute approximate surface area is 69.4 Å². The van der Waals surface area contributed by atoms with Crippen molar-refractivity contribution in [1.29, 1.82) is 0 Å². The Balaban J connectivity index is 2.79. The van der Waals surface area contributed by atoms with E-state index in [0.29, 0.717) is 5.69 Å². The van der Waals surface area contributed by atoms with Crippen molar-refractivity contribution in [2.24, 2.45) is 5.73 Å². The summed E-state index contributed by atoms with van der Waals surface area (Å²) in [7, 11) is 0. The molecule has 2 aromatic heterocycles. The van der Waals surface area contributed by atoms with Crippen molar-refractivity contribution in [1.82, 2.24) is 4.40 Å². The molecule has 0 unspecified atom stereocenters. The molecule has 3 nitrogen and oxygen atoms in total. The van der Waals surface area contributed by atoms with Crippen molar-refractivity contribution in [3.8, 4) is 0 Å². The lowest BCUT2D eigenvalue weighted by Crippen LogP contribution is -2.13. The van der Waals surface area contributed by atoms with Crippen LogP contribution in [0.2, 0.25) is 0 Å². The number of primary amides is 1. The van der Waals surface area contributed by atoms with Crippen molar-refractivity contribution in [2.75, 3.05) is 0 Å². The number of carbonyl (C=O) groups excluding carboxylic acids is 1. The number of hydrogen-bond donors (Lipinski definition) is 1.